The van der Waals surface area contributed by atoms with E-state index >= 15 is 0 Å². The summed E-state index contributed by atoms with van der Waals surface area (Å²) < 4.78 is 6.05. The molecule has 0 saturated carbocycles. The van der Waals surface area contributed by atoms with Gasteiger partial charge in [-0.05, 0) is 65.4 Å². The van der Waals surface area contributed by atoms with Gasteiger partial charge in [0, 0.05) is 28.7 Å². The average Bonchev–Trinajstić information content (AvgIpc) is 2.90. The molecule has 6 rings (SSSR count). The van der Waals surface area contributed by atoms with Gasteiger partial charge in [0.25, 0.3) is 0 Å². The highest BCUT2D eigenvalue weighted by atomic mass is 16.3. The topological polar surface area (TPSA) is 33.5 Å². The van der Waals surface area contributed by atoms with Gasteiger partial charge in [0.1, 0.15) is 11.3 Å². The van der Waals surface area contributed by atoms with Crippen LogP contribution in [0.4, 0.5) is 17.1 Å². The molecule has 0 saturated heterocycles. The molecule has 1 aromatic heterocycles. The monoisotopic (exact) mass is 439 g/mol. The maximum absolute atomic E-state index is 12.6. The third-order valence-corrected chi connectivity index (χ3v) is 6.03. The summed E-state index contributed by atoms with van der Waals surface area (Å²) in [4.78, 5) is 14.8. The van der Waals surface area contributed by atoms with Crippen LogP contribution in [0.25, 0.3) is 33.1 Å². The van der Waals surface area contributed by atoms with Gasteiger partial charge in [0.2, 0.25) is 0 Å². The van der Waals surface area contributed by atoms with Gasteiger partial charge in [-0.1, -0.05) is 66.7 Å². The first-order valence-electron chi connectivity index (χ1n) is 11.2. The molecule has 0 spiro atoms. The summed E-state index contributed by atoms with van der Waals surface area (Å²) >= 11 is 0. The van der Waals surface area contributed by atoms with Gasteiger partial charge in [-0.15, -0.1) is 0 Å². The van der Waals surface area contributed by atoms with Crippen LogP contribution in [0.1, 0.15) is 0 Å². The van der Waals surface area contributed by atoms with E-state index in [0.717, 1.165) is 33.4 Å². The zero-order valence-corrected chi connectivity index (χ0v) is 18.4. The van der Waals surface area contributed by atoms with Crippen LogP contribution in [0, 0.1) is 0 Å². The quantitative estimate of drug-likeness (QED) is 0.278. The summed E-state index contributed by atoms with van der Waals surface area (Å²) in [6.07, 6.45) is 0. The fourth-order valence-electron chi connectivity index (χ4n) is 4.37. The largest absolute Gasteiger partial charge is 0.456 e. The van der Waals surface area contributed by atoms with Crippen molar-refractivity contribution >= 4 is 38.8 Å². The van der Waals surface area contributed by atoms with Crippen molar-refractivity contribution in [1.82, 2.24) is 0 Å². The predicted octanol–water partition coefficient (Wildman–Crippen LogP) is 8.08. The Kier molecular flexibility index (Phi) is 4.93. The molecule has 5 aromatic carbocycles. The number of fused-ring (bicyclic) bond motifs is 2. The smallest absolute Gasteiger partial charge is 0.193 e. The van der Waals surface area contributed by atoms with Crippen LogP contribution in [0.2, 0.25) is 0 Å². The van der Waals surface area contributed by atoms with Gasteiger partial charge in [-0.25, -0.2) is 0 Å². The van der Waals surface area contributed by atoms with Crippen LogP contribution in [0.3, 0.4) is 0 Å². The molecular formula is C31H21NO2. The van der Waals surface area contributed by atoms with E-state index in [9.17, 15) is 4.79 Å². The summed E-state index contributed by atoms with van der Waals surface area (Å²) in [6, 6.07) is 42.2. The Balaban J connectivity index is 1.44. The average molecular weight is 440 g/mol. The van der Waals surface area contributed by atoms with Gasteiger partial charge in [-0.2, -0.15) is 0 Å². The fourth-order valence-corrected chi connectivity index (χ4v) is 4.37. The maximum Gasteiger partial charge on any atom is 0.193 e. The molecule has 34 heavy (non-hydrogen) atoms. The third kappa shape index (κ3) is 3.63. The molecule has 0 amide bonds. The van der Waals surface area contributed by atoms with Gasteiger partial charge in [0.05, 0.1) is 5.39 Å². The maximum atomic E-state index is 12.6. The zero-order valence-electron chi connectivity index (χ0n) is 18.4. The fraction of sp³-hybridized carbons (Fsp3) is 0. The van der Waals surface area contributed by atoms with E-state index in [0.29, 0.717) is 16.7 Å². The Bertz CT molecular complexity index is 1630. The van der Waals surface area contributed by atoms with Crippen molar-refractivity contribution in [1.29, 1.82) is 0 Å². The predicted molar refractivity (Wildman–Crippen MR) is 140 cm³/mol. The molecule has 3 nitrogen and oxygen atoms in total. The van der Waals surface area contributed by atoms with Gasteiger partial charge in [-0.3, -0.25) is 4.79 Å². The van der Waals surface area contributed by atoms with E-state index in [1.54, 1.807) is 12.1 Å². The molecule has 0 atom stereocenters. The molecule has 3 heteroatoms. The minimum Gasteiger partial charge on any atom is -0.456 e. The van der Waals surface area contributed by atoms with Crippen LogP contribution >= 0.6 is 0 Å². The summed E-state index contributed by atoms with van der Waals surface area (Å²) in [6.45, 7) is 0. The third-order valence-electron chi connectivity index (χ3n) is 6.03. The Hall–Kier alpha value is -4.63. The molecule has 0 aliphatic rings. The van der Waals surface area contributed by atoms with Crippen molar-refractivity contribution in [3.63, 3.8) is 0 Å². The summed E-state index contributed by atoms with van der Waals surface area (Å²) in [5.74, 6) is 0.574. The Morgan fingerprint density at radius 1 is 0.529 bits per heavy atom. The van der Waals surface area contributed by atoms with E-state index in [-0.39, 0.29) is 5.43 Å². The standard InChI is InChI=1S/C31H21NO2/c33-29-21-31(34-30-14-8-7-13-28(29)30)24-16-15-23-20-27(18-17-22(23)19-24)32(25-9-3-1-4-10-25)26-11-5-2-6-12-26/h1-21H. The lowest BCUT2D eigenvalue weighted by Crippen LogP contribution is -2.09. The highest BCUT2D eigenvalue weighted by Gasteiger charge is 2.13. The summed E-state index contributed by atoms with van der Waals surface area (Å²) in [7, 11) is 0. The van der Waals surface area contributed by atoms with Crippen molar-refractivity contribution < 1.29 is 4.42 Å². The number of anilines is 3. The first-order valence-corrected chi connectivity index (χ1v) is 11.2. The van der Waals surface area contributed by atoms with Crippen molar-refractivity contribution in [3.8, 4) is 11.3 Å². The molecule has 162 valence electrons. The molecule has 0 bridgehead atoms. The highest BCUT2D eigenvalue weighted by Crippen LogP contribution is 2.36. The number of hydrogen-bond acceptors (Lipinski definition) is 3. The van der Waals surface area contributed by atoms with E-state index in [2.05, 4.69) is 83.8 Å². The lowest BCUT2D eigenvalue weighted by atomic mass is 10.0. The molecule has 0 fully saturated rings. The number of para-hydroxylation sites is 3. The number of nitrogens with zero attached hydrogens (tertiary/aromatic N) is 1. The minimum absolute atomic E-state index is 0.0336. The normalized spacial score (nSPS) is 11.1. The van der Waals surface area contributed by atoms with Crippen LogP contribution in [0.5, 0.6) is 0 Å². The molecule has 0 unspecified atom stereocenters. The molecule has 0 aliphatic carbocycles. The Morgan fingerprint density at radius 2 is 1.15 bits per heavy atom. The van der Waals surface area contributed by atoms with E-state index < -0.39 is 0 Å². The van der Waals surface area contributed by atoms with E-state index in [1.165, 1.54) is 0 Å². The van der Waals surface area contributed by atoms with Gasteiger partial charge >= 0.3 is 0 Å². The first-order chi connectivity index (χ1) is 16.8. The number of rotatable bonds is 4. The number of hydrogen-bond donors (Lipinski definition) is 0. The molecule has 0 aliphatic heterocycles. The molecule has 6 aromatic rings. The van der Waals surface area contributed by atoms with Crippen LogP contribution < -0.4 is 10.3 Å². The second-order valence-electron chi connectivity index (χ2n) is 8.22. The van der Waals surface area contributed by atoms with Crippen LogP contribution in [-0.4, -0.2) is 0 Å². The first kappa shape index (κ1) is 20.0. The number of benzene rings is 5. The van der Waals surface area contributed by atoms with Crippen LogP contribution in [0.15, 0.2) is 137 Å². The van der Waals surface area contributed by atoms with Crippen LogP contribution in [-0.2, 0) is 0 Å². The molecule has 0 radical (unpaired) electrons. The summed E-state index contributed by atoms with van der Waals surface area (Å²) in [5, 5.41) is 2.79. The van der Waals surface area contributed by atoms with Crippen molar-refractivity contribution in [2.45, 2.75) is 0 Å². The van der Waals surface area contributed by atoms with E-state index in [4.69, 9.17) is 4.42 Å². The lowest BCUT2D eigenvalue weighted by Gasteiger charge is -2.25. The molecule has 0 N–H and O–H groups in total. The molecular weight excluding hydrogens is 418 g/mol. The van der Waals surface area contributed by atoms with Crippen molar-refractivity contribution in [3.05, 3.63) is 138 Å². The Morgan fingerprint density at radius 3 is 1.88 bits per heavy atom. The SMILES string of the molecule is O=c1cc(-c2ccc3cc(N(c4ccccc4)c4ccccc4)ccc3c2)oc2ccccc12. The zero-order chi connectivity index (χ0) is 22.9. The molecule has 1 heterocycles. The Labute approximate surface area is 197 Å². The van der Waals surface area contributed by atoms with Crippen molar-refractivity contribution in [2.24, 2.45) is 0 Å². The second kappa shape index (κ2) is 8.38. The van der Waals surface area contributed by atoms with Gasteiger partial charge in [0.15, 0.2) is 5.43 Å². The van der Waals surface area contributed by atoms with Gasteiger partial charge < -0.3 is 9.32 Å². The van der Waals surface area contributed by atoms with E-state index in [1.807, 2.05) is 36.4 Å². The van der Waals surface area contributed by atoms with Crippen molar-refractivity contribution in [2.75, 3.05) is 4.90 Å². The summed E-state index contributed by atoms with van der Waals surface area (Å²) in [5.41, 5.74) is 4.72. The second-order valence-corrected chi connectivity index (χ2v) is 8.22. The highest BCUT2D eigenvalue weighted by molar-refractivity contribution is 5.92. The lowest BCUT2D eigenvalue weighted by molar-refractivity contribution is 0.619. The minimum atomic E-state index is -0.0336.